The summed E-state index contributed by atoms with van der Waals surface area (Å²) in [5, 5.41) is 16.7. The summed E-state index contributed by atoms with van der Waals surface area (Å²) in [5.41, 5.74) is 9.54. The lowest BCUT2D eigenvalue weighted by atomic mass is 9.84. The summed E-state index contributed by atoms with van der Waals surface area (Å²) in [6.45, 7) is 12.4. The van der Waals surface area contributed by atoms with Gasteiger partial charge in [-0.05, 0) is 105 Å². The average molecular weight is 933 g/mol. The second-order valence-corrected chi connectivity index (χ2v) is 19.9. The average Bonchev–Trinajstić information content (AvgIpc) is 3.58. The Morgan fingerprint density at radius 2 is 1.84 bits per heavy atom. The molecule has 2 saturated heterocycles. The van der Waals surface area contributed by atoms with Gasteiger partial charge >= 0.3 is 5.97 Å². The van der Waals surface area contributed by atoms with Crippen molar-refractivity contribution in [2.24, 2.45) is 17.3 Å². The van der Waals surface area contributed by atoms with Crippen molar-refractivity contribution in [2.45, 2.75) is 91.6 Å². The summed E-state index contributed by atoms with van der Waals surface area (Å²) in [6, 6.07) is 12.5. The monoisotopic (exact) mass is 933 g/mol. The van der Waals surface area contributed by atoms with Crippen molar-refractivity contribution < 1.29 is 38.6 Å². The zero-order valence-corrected chi connectivity index (χ0v) is 41.0. The molecule has 1 unspecified atom stereocenters. The fourth-order valence-corrected chi connectivity index (χ4v) is 9.81. The van der Waals surface area contributed by atoms with Crippen molar-refractivity contribution in [2.75, 3.05) is 61.0 Å². The van der Waals surface area contributed by atoms with E-state index in [2.05, 4.69) is 54.3 Å². The lowest BCUT2D eigenvalue weighted by molar-refractivity contribution is -0.155. The van der Waals surface area contributed by atoms with Crippen LogP contribution < -0.4 is 10.7 Å². The number of phenols is 1. The number of pyridine rings is 1. The van der Waals surface area contributed by atoms with Crippen molar-refractivity contribution in [1.82, 2.24) is 40.0 Å². The van der Waals surface area contributed by atoms with E-state index in [0.29, 0.717) is 44.5 Å². The Morgan fingerprint density at radius 1 is 1.07 bits per heavy atom. The molecule has 4 amide bonds. The summed E-state index contributed by atoms with van der Waals surface area (Å²) in [7, 11) is 7.06. The molecule has 3 aliphatic heterocycles. The van der Waals surface area contributed by atoms with Gasteiger partial charge in [-0.15, -0.1) is 0 Å². The topological polar surface area (TPSA) is 179 Å². The van der Waals surface area contributed by atoms with Gasteiger partial charge in [-0.2, -0.15) is 0 Å². The molecule has 0 spiro atoms. The summed E-state index contributed by atoms with van der Waals surface area (Å²) in [5.74, 6) is -2.76. The first kappa shape index (κ1) is 49.8. The molecule has 16 nitrogen and oxygen atoms in total. The number of hydrogen-bond donors (Lipinski definition) is 3. The van der Waals surface area contributed by atoms with Gasteiger partial charge in [-0.1, -0.05) is 45.9 Å². The Hall–Kier alpha value is -6.10. The fraction of sp³-hybridized carbons (Fsp3) is 0.500. The van der Waals surface area contributed by atoms with E-state index < -0.39 is 47.2 Å². The highest BCUT2D eigenvalue weighted by molar-refractivity contribution is 5.96. The highest BCUT2D eigenvalue weighted by Crippen LogP contribution is 2.41. The number of ether oxygens (including phenoxy) is 2. The van der Waals surface area contributed by atoms with Crippen LogP contribution in [0.5, 0.6) is 5.75 Å². The molecule has 5 heterocycles. The Kier molecular flexibility index (Phi) is 15.4. The molecule has 3 N–H and O–H groups in total. The lowest BCUT2D eigenvalue weighted by Gasteiger charge is -2.41. The van der Waals surface area contributed by atoms with E-state index in [-0.39, 0.29) is 56.1 Å². The van der Waals surface area contributed by atoms with Gasteiger partial charge in [0.1, 0.15) is 23.9 Å². The smallest absolute Gasteiger partial charge is 0.324 e. The fourth-order valence-electron chi connectivity index (χ4n) is 9.81. The number of aromatic hydroxyl groups is 1. The van der Waals surface area contributed by atoms with Crippen molar-refractivity contribution in [3.8, 4) is 28.1 Å². The van der Waals surface area contributed by atoms with Gasteiger partial charge in [0, 0.05) is 87.5 Å². The minimum absolute atomic E-state index is 0.00982. The zero-order chi connectivity index (χ0) is 49.0. The molecule has 0 radical (unpaired) electrons. The van der Waals surface area contributed by atoms with Gasteiger partial charge < -0.3 is 39.2 Å². The quantitative estimate of drug-likeness (QED) is 0.129. The maximum Gasteiger partial charge on any atom is 0.324 e. The third-order valence-corrected chi connectivity index (χ3v) is 13.2. The molecule has 364 valence electrons. The number of likely N-dealkylation sites (tertiary alicyclic amines) is 1. The number of hydrogen-bond acceptors (Lipinski definition) is 11. The highest BCUT2D eigenvalue weighted by atomic mass is 16.5. The molecular formula is C52H68N8O8. The maximum atomic E-state index is 14.7. The summed E-state index contributed by atoms with van der Waals surface area (Å²) in [6.07, 6.45) is 6.54. The number of likely N-dealkylation sites (N-methyl/N-ethyl adjacent to an activating group) is 2. The molecular weight excluding hydrogens is 865 g/mol. The van der Waals surface area contributed by atoms with Crippen LogP contribution in [0.15, 0.2) is 66.9 Å². The van der Waals surface area contributed by atoms with Crippen LogP contribution in [0.4, 0.5) is 0 Å². The molecule has 16 heteroatoms. The minimum atomic E-state index is -1.16. The molecule has 68 heavy (non-hydrogen) atoms. The third-order valence-electron chi connectivity index (χ3n) is 13.2. The van der Waals surface area contributed by atoms with Gasteiger partial charge in [-0.3, -0.25) is 34.0 Å². The van der Waals surface area contributed by atoms with Crippen LogP contribution in [0.1, 0.15) is 64.3 Å². The Bertz CT molecular complexity index is 2560. The largest absolute Gasteiger partial charge is 0.508 e. The maximum absolute atomic E-state index is 14.7. The van der Waals surface area contributed by atoms with E-state index >= 15 is 0 Å². The number of benzene rings is 2. The molecule has 2 aromatic heterocycles. The van der Waals surface area contributed by atoms with Crippen molar-refractivity contribution in [3.05, 3.63) is 83.7 Å². The summed E-state index contributed by atoms with van der Waals surface area (Å²) >= 11 is 0. The second-order valence-electron chi connectivity index (χ2n) is 19.9. The Morgan fingerprint density at radius 3 is 2.54 bits per heavy atom. The van der Waals surface area contributed by atoms with Crippen LogP contribution in [0.2, 0.25) is 0 Å². The van der Waals surface area contributed by atoms with Crippen molar-refractivity contribution in [1.29, 1.82) is 0 Å². The highest BCUT2D eigenvalue weighted by Gasteiger charge is 2.42. The number of carbonyl (C=O) groups is 5. The standard InChI is InChI=1S/C52H68N8O8/c1-10-59-44-18-17-34-26-39(44)40(47(59)38-14-11-19-53-43(38)30-67-9)27-52(4,5)31-68-51(66)41-15-12-21-60(55-41)50(65)42(24-33-22-35(34)25-37(61)23-33)54-48(63)46(32(2)3)57(8)49(64)36-28-58(29-36)45(62)16-13-20-56(6)7/h11,13-14,16-19,22-23,25-26,32,36,41-42,46,55,61H,10,12,15,20-21,24,27-31H2,1-9H3,(H,54,63)/b16-13+/t41-,42-,46?/m0/s1. The number of cyclic esters (lactones) is 1. The van der Waals surface area contributed by atoms with Crippen LogP contribution in [0.25, 0.3) is 33.3 Å². The SMILES string of the molecule is CCn1c(-c2cccnc2COC)c2c3cc(ccc31)-c1cc(O)cc(c1)C[C@H](NC(=O)C(C(C)C)N(C)C(=O)C1CN(C(=O)/C=C/CN(C)C)C1)C(=O)N1CCC[C@H](N1)C(=O)OCC(C)(C)C2. The Labute approximate surface area is 399 Å². The number of esters is 1. The molecule has 0 aliphatic carbocycles. The number of nitrogens with one attached hydrogen (secondary N) is 2. The number of aromatic nitrogens is 2. The third kappa shape index (κ3) is 10.9. The molecule has 6 bridgehead atoms. The molecule has 3 atom stereocenters. The van der Waals surface area contributed by atoms with Crippen LogP contribution >= 0.6 is 0 Å². The van der Waals surface area contributed by atoms with Gasteiger partial charge in [0.25, 0.3) is 5.91 Å². The van der Waals surface area contributed by atoms with Gasteiger partial charge in [0.2, 0.25) is 17.7 Å². The number of rotatable bonds is 12. The normalized spacial score (nSPS) is 19.5. The van der Waals surface area contributed by atoms with E-state index in [0.717, 1.165) is 44.5 Å². The van der Waals surface area contributed by atoms with Crippen molar-refractivity contribution >= 4 is 40.5 Å². The number of aryl methyl sites for hydroxylation is 1. The van der Waals surface area contributed by atoms with Crippen molar-refractivity contribution in [3.63, 3.8) is 0 Å². The molecule has 4 aromatic rings. The predicted octanol–water partition coefficient (Wildman–Crippen LogP) is 4.95. The van der Waals surface area contributed by atoms with E-state index in [1.54, 1.807) is 43.5 Å². The first-order valence-electron chi connectivity index (χ1n) is 23.7. The van der Waals surface area contributed by atoms with Crippen LogP contribution in [-0.4, -0.2) is 143 Å². The number of phenolic OH excluding ortho intramolecular Hbond substituents is 1. The van der Waals surface area contributed by atoms with E-state index in [9.17, 15) is 29.1 Å². The zero-order valence-electron chi connectivity index (χ0n) is 41.0. The molecule has 2 aromatic carbocycles. The second kappa shape index (κ2) is 21.0. The summed E-state index contributed by atoms with van der Waals surface area (Å²) in [4.78, 5) is 79.5. The van der Waals surface area contributed by atoms with Gasteiger partial charge in [0.05, 0.1) is 30.5 Å². The number of amides is 4. The van der Waals surface area contributed by atoms with Crippen LogP contribution in [0, 0.1) is 17.3 Å². The van der Waals surface area contributed by atoms with E-state index in [1.807, 2.05) is 51.0 Å². The number of nitrogens with zero attached hydrogens (tertiary/aromatic N) is 6. The molecule has 0 saturated carbocycles. The number of hydrazine groups is 1. The first-order chi connectivity index (χ1) is 32.4. The van der Waals surface area contributed by atoms with Gasteiger partial charge in [0.15, 0.2) is 0 Å². The molecule has 7 rings (SSSR count). The van der Waals surface area contributed by atoms with Crippen LogP contribution in [-0.2, 0) is 59.4 Å². The van der Waals surface area contributed by atoms with E-state index in [4.69, 9.17) is 14.5 Å². The van der Waals surface area contributed by atoms with Gasteiger partial charge in [-0.25, -0.2) is 5.43 Å². The predicted molar refractivity (Wildman–Crippen MR) is 260 cm³/mol. The van der Waals surface area contributed by atoms with E-state index in [1.165, 1.54) is 16.0 Å². The lowest BCUT2D eigenvalue weighted by Crippen LogP contribution is -2.63. The van der Waals surface area contributed by atoms with Crippen LogP contribution in [0.3, 0.4) is 0 Å². The summed E-state index contributed by atoms with van der Waals surface area (Å²) < 4.78 is 14.0. The number of carbonyl (C=O) groups excluding carboxylic acids is 5. The molecule has 2 fully saturated rings. The first-order valence-corrected chi connectivity index (χ1v) is 23.7. The number of fused-ring (bicyclic) bond motifs is 6. The minimum Gasteiger partial charge on any atom is -0.508 e. The number of methoxy groups -OCH3 is 1. The molecule has 3 aliphatic rings. The Balaban J connectivity index is 1.25.